The smallest absolute Gasteiger partial charge is 0.251 e. The van der Waals surface area contributed by atoms with Crippen LogP contribution in [0.2, 0.25) is 0 Å². The van der Waals surface area contributed by atoms with Crippen molar-refractivity contribution in [2.24, 2.45) is 5.92 Å². The van der Waals surface area contributed by atoms with Gasteiger partial charge in [0.25, 0.3) is 5.91 Å². The Hall–Kier alpha value is -3.00. The van der Waals surface area contributed by atoms with Crippen LogP contribution < -0.4 is 15.0 Å². The zero-order chi connectivity index (χ0) is 17.6. The van der Waals surface area contributed by atoms with E-state index in [9.17, 15) is 4.79 Å². The minimum absolute atomic E-state index is 0.128. The molecule has 1 heterocycles. The summed E-state index contributed by atoms with van der Waals surface area (Å²) >= 11 is 0. The van der Waals surface area contributed by atoms with Gasteiger partial charge in [-0.1, -0.05) is 12.1 Å². The summed E-state index contributed by atoms with van der Waals surface area (Å²) in [5.41, 5.74) is 2.18. The van der Waals surface area contributed by atoms with Crippen LogP contribution in [0.3, 0.4) is 0 Å². The lowest BCUT2D eigenvalue weighted by Gasteiger charge is -2.19. The molecule has 1 aliphatic rings. The fourth-order valence-corrected chi connectivity index (χ4v) is 3.11. The number of hydrogen-bond acceptors (Lipinski definition) is 4. The number of nitriles is 1. The number of carbonyl (C=O) groups excluding carboxylic acids is 1. The molecule has 1 amide bonds. The highest BCUT2D eigenvalue weighted by Crippen LogP contribution is 2.26. The van der Waals surface area contributed by atoms with Crippen LogP contribution in [-0.4, -0.2) is 32.7 Å². The molecule has 0 unspecified atom stereocenters. The predicted molar refractivity (Wildman–Crippen MR) is 96.8 cm³/mol. The van der Waals surface area contributed by atoms with Gasteiger partial charge in [-0.25, -0.2) is 0 Å². The third-order valence-electron chi connectivity index (χ3n) is 4.51. The zero-order valence-electron chi connectivity index (χ0n) is 14.2. The van der Waals surface area contributed by atoms with Gasteiger partial charge in [0.1, 0.15) is 5.75 Å². The van der Waals surface area contributed by atoms with Gasteiger partial charge >= 0.3 is 0 Å². The first-order chi connectivity index (χ1) is 12.2. The molecule has 0 spiro atoms. The van der Waals surface area contributed by atoms with E-state index in [-0.39, 0.29) is 5.91 Å². The molecule has 0 aliphatic carbocycles. The second-order valence-electron chi connectivity index (χ2n) is 6.20. The van der Waals surface area contributed by atoms with Crippen LogP contribution in [0.1, 0.15) is 22.3 Å². The van der Waals surface area contributed by atoms with Gasteiger partial charge in [0.15, 0.2) is 0 Å². The van der Waals surface area contributed by atoms with Gasteiger partial charge in [-0.15, -0.1) is 0 Å². The number of anilines is 1. The lowest BCUT2D eigenvalue weighted by atomic mass is 10.1. The molecule has 1 N–H and O–H groups in total. The highest BCUT2D eigenvalue weighted by molar-refractivity contribution is 5.94. The maximum atomic E-state index is 12.3. The standard InChI is InChI=1S/C20H21N3O2/c1-25-19-7-3-6-18(11-19)23-9-8-16(14-23)13-22-20(24)17-5-2-4-15(10-17)12-21/h2-7,10-11,16H,8-9,13-14H2,1H3,(H,22,24)/t16-/m0/s1. The minimum Gasteiger partial charge on any atom is -0.497 e. The number of hydrogen-bond donors (Lipinski definition) is 1. The summed E-state index contributed by atoms with van der Waals surface area (Å²) in [5, 5.41) is 11.9. The van der Waals surface area contributed by atoms with E-state index in [2.05, 4.69) is 22.4 Å². The van der Waals surface area contributed by atoms with Gasteiger partial charge in [-0.2, -0.15) is 5.26 Å². The Labute approximate surface area is 147 Å². The van der Waals surface area contributed by atoms with Crippen LogP contribution in [0.25, 0.3) is 0 Å². The number of nitrogens with one attached hydrogen (secondary N) is 1. The van der Waals surface area contributed by atoms with Crippen LogP contribution in [0.4, 0.5) is 5.69 Å². The second kappa shape index (κ2) is 7.71. The van der Waals surface area contributed by atoms with E-state index >= 15 is 0 Å². The zero-order valence-corrected chi connectivity index (χ0v) is 14.2. The first kappa shape index (κ1) is 16.8. The van der Waals surface area contributed by atoms with E-state index < -0.39 is 0 Å². The molecule has 1 saturated heterocycles. The average Bonchev–Trinajstić information content (AvgIpc) is 3.15. The van der Waals surface area contributed by atoms with Gasteiger partial charge < -0.3 is 15.0 Å². The predicted octanol–water partition coefficient (Wildman–Crippen LogP) is 2.82. The summed E-state index contributed by atoms with van der Waals surface area (Å²) in [4.78, 5) is 14.6. The Morgan fingerprint density at radius 1 is 1.32 bits per heavy atom. The molecular formula is C20H21N3O2. The number of rotatable bonds is 5. The molecular weight excluding hydrogens is 314 g/mol. The number of ether oxygens (including phenoxy) is 1. The molecule has 0 aromatic heterocycles. The molecule has 0 radical (unpaired) electrons. The molecule has 5 heteroatoms. The third kappa shape index (κ3) is 4.10. The van der Waals surface area contributed by atoms with Crippen molar-refractivity contribution in [1.29, 1.82) is 5.26 Å². The average molecular weight is 335 g/mol. The molecule has 1 atom stereocenters. The number of carbonyl (C=O) groups is 1. The lowest BCUT2D eigenvalue weighted by Crippen LogP contribution is -2.31. The molecule has 5 nitrogen and oxygen atoms in total. The number of nitrogens with zero attached hydrogens (tertiary/aromatic N) is 2. The number of benzene rings is 2. The third-order valence-corrected chi connectivity index (χ3v) is 4.51. The molecule has 0 saturated carbocycles. The normalized spacial score (nSPS) is 16.3. The van der Waals surface area contributed by atoms with Crippen LogP contribution in [0.5, 0.6) is 5.75 Å². The van der Waals surface area contributed by atoms with Crippen molar-refractivity contribution < 1.29 is 9.53 Å². The number of amides is 1. The Kier molecular flexibility index (Phi) is 5.20. The van der Waals surface area contributed by atoms with Gasteiger partial charge in [-0.05, 0) is 42.7 Å². The van der Waals surface area contributed by atoms with Crippen molar-refractivity contribution in [2.75, 3.05) is 31.6 Å². The van der Waals surface area contributed by atoms with Crippen molar-refractivity contribution in [3.8, 4) is 11.8 Å². The van der Waals surface area contributed by atoms with E-state index in [4.69, 9.17) is 10.00 Å². The fourth-order valence-electron chi connectivity index (χ4n) is 3.11. The van der Waals surface area contributed by atoms with Crippen molar-refractivity contribution in [1.82, 2.24) is 5.32 Å². The summed E-state index contributed by atoms with van der Waals surface area (Å²) in [6, 6.07) is 16.9. The highest BCUT2D eigenvalue weighted by atomic mass is 16.5. The molecule has 0 bridgehead atoms. The van der Waals surface area contributed by atoms with Gasteiger partial charge in [0, 0.05) is 37.0 Å². The Morgan fingerprint density at radius 3 is 2.96 bits per heavy atom. The van der Waals surface area contributed by atoms with Crippen molar-refractivity contribution in [3.63, 3.8) is 0 Å². The summed E-state index contributed by atoms with van der Waals surface area (Å²) in [5.74, 6) is 1.14. The van der Waals surface area contributed by atoms with Crippen molar-refractivity contribution in [3.05, 3.63) is 59.7 Å². The fraction of sp³-hybridized carbons (Fsp3) is 0.300. The SMILES string of the molecule is COc1cccc(N2CC[C@@H](CNC(=O)c3cccc(C#N)c3)C2)c1. The number of methoxy groups -OCH3 is 1. The molecule has 25 heavy (non-hydrogen) atoms. The molecule has 128 valence electrons. The van der Waals surface area contributed by atoms with Gasteiger partial charge in [0.2, 0.25) is 0 Å². The quantitative estimate of drug-likeness (QED) is 0.912. The molecule has 1 fully saturated rings. The first-order valence-corrected chi connectivity index (χ1v) is 8.37. The van der Waals surface area contributed by atoms with Crippen molar-refractivity contribution >= 4 is 11.6 Å². The molecule has 1 aliphatic heterocycles. The van der Waals surface area contributed by atoms with Crippen LogP contribution in [0, 0.1) is 17.2 Å². The van der Waals surface area contributed by atoms with Crippen LogP contribution in [-0.2, 0) is 0 Å². The maximum absolute atomic E-state index is 12.3. The first-order valence-electron chi connectivity index (χ1n) is 8.37. The Balaban J connectivity index is 1.54. The summed E-state index contributed by atoms with van der Waals surface area (Å²) in [7, 11) is 1.67. The molecule has 2 aromatic carbocycles. The Morgan fingerprint density at radius 2 is 2.16 bits per heavy atom. The lowest BCUT2D eigenvalue weighted by molar-refractivity contribution is 0.0948. The largest absolute Gasteiger partial charge is 0.497 e. The van der Waals surface area contributed by atoms with Gasteiger partial charge in [0.05, 0.1) is 18.7 Å². The van der Waals surface area contributed by atoms with Crippen LogP contribution >= 0.6 is 0 Å². The topological polar surface area (TPSA) is 65.4 Å². The van der Waals surface area contributed by atoms with Crippen LogP contribution in [0.15, 0.2) is 48.5 Å². The second-order valence-corrected chi connectivity index (χ2v) is 6.20. The summed E-state index contributed by atoms with van der Waals surface area (Å²) < 4.78 is 5.28. The van der Waals surface area contributed by atoms with Crippen molar-refractivity contribution in [2.45, 2.75) is 6.42 Å². The Bertz CT molecular complexity index is 798. The molecule has 2 aromatic rings. The minimum atomic E-state index is -0.128. The summed E-state index contributed by atoms with van der Waals surface area (Å²) in [6.45, 7) is 2.51. The van der Waals surface area contributed by atoms with E-state index in [0.717, 1.165) is 30.9 Å². The van der Waals surface area contributed by atoms with Gasteiger partial charge in [-0.3, -0.25) is 4.79 Å². The van der Waals surface area contributed by atoms with E-state index in [1.54, 1.807) is 31.4 Å². The summed E-state index contributed by atoms with van der Waals surface area (Å²) in [6.07, 6.45) is 1.04. The highest BCUT2D eigenvalue weighted by Gasteiger charge is 2.23. The monoisotopic (exact) mass is 335 g/mol. The van der Waals surface area contributed by atoms with E-state index in [0.29, 0.717) is 23.6 Å². The van der Waals surface area contributed by atoms with E-state index in [1.807, 2.05) is 18.2 Å². The maximum Gasteiger partial charge on any atom is 0.251 e. The molecule has 3 rings (SSSR count). The van der Waals surface area contributed by atoms with E-state index in [1.165, 1.54) is 0 Å².